The minimum atomic E-state index is -0.636. The van der Waals surface area contributed by atoms with Crippen LogP contribution in [0.1, 0.15) is 49.3 Å². The Morgan fingerprint density at radius 1 is 0.774 bits per heavy atom. The average molecular weight is 729 g/mol. The summed E-state index contributed by atoms with van der Waals surface area (Å²) in [5.74, 6) is 1.79. The van der Waals surface area contributed by atoms with Crippen molar-refractivity contribution >= 4 is 11.9 Å². The van der Waals surface area contributed by atoms with Gasteiger partial charge < -0.3 is 23.8 Å². The molecule has 286 valence electrons. The molecule has 1 N–H and O–H groups in total. The van der Waals surface area contributed by atoms with Gasteiger partial charge in [0.25, 0.3) is 0 Å². The number of nitrogens with one attached hydrogen (secondary N) is 1. The van der Waals surface area contributed by atoms with E-state index in [1.165, 1.54) is 5.56 Å². The smallest absolute Gasteiger partial charge is 0.320 e. The summed E-state index contributed by atoms with van der Waals surface area (Å²) in [6.07, 6.45) is 7.16. The molecule has 4 heterocycles. The number of esters is 1. The Morgan fingerprint density at radius 2 is 1.43 bits per heavy atom. The lowest BCUT2D eigenvalue weighted by molar-refractivity contribution is -0.145. The topological polar surface area (TPSA) is 109 Å². The van der Waals surface area contributed by atoms with Crippen LogP contribution in [0.15, 0.2) is 67.0 Å². The first-order valence-corrected chi connectivity index (χ1v) is 18.9. The Hall–Kier alpha value is -4.23. The number of ether oxygens (including phenoxy) is 4. The number of amides is 1. The van der Waals surface area contributed by atoms with Gasteiger partial charge in [-0.1, -0.05) is 30.3 Å². The molecular weight excluding hydrogens is 672 g/mol. The lowest BCUT2D eigenvalue weighted by atomic mass is 9.72. The van der Waals surface area contributed by atoms with Crippen LogP contribution in [0.5, 0.6) is 17.2 Å². The van der Waals surface area contributed by atoms with Crippen LogP contribution in [0.2, 0.25) is 0 Å². The average Bonchev–Trinajstić information content (AvgIpc) is 3.61. The lowest BCUT2D eigenvalue weighted by Crippen LogP contribution is -2.59. The van der Waals surface area contributed by atoms with E-state index in [9.17, 15) is 9.59 Å². The number of hydrogen-bond donors (Lipinski definition) is 1. The number of piperidine rings is 1. The highest BCUT2D eigenvalue weighted by Gasteiger charge is 2.45. The van der Waals surface area contributed by atoms with Crippen molar-refractivity contribution in [2.24, 2.45) is 0 Å². The highest BCUT2D eigenvalue weighted by molar-refractivity contribution is 5.88. The molecule has 0 saturated carbocycles. The SMILES string of the molecule is CCOC(=O)CN1CCN(NC(=O)C2(c3ccncc3)CCN(CCC3(c4ccccc4)CCN(Cc4cc(OC)c(OC)c(OC)c4)C3)CC2)CC1. The van der Waals surface area contributed by atoms with Crippen molar-refractivity contribution < 1.29 is 28.5 Å². The van der Waals surface area contributed by atoms with E-state index in [0.717, 1.165) is 76.1 Å². The van der Waals surface area contributed by atoms with E-state index in [2.05, 4.69) is 67.6 Å². The zero-order valence-corrected chi connectivity index (χ0v) is 31.9. The number of hydrazine groups is 1. The predicted octanol–water partition coefficient (Wildman–Crippen LogP) is 3.89. The third-order valence-corrected chi connectivity index (χ3v) is 11.5. The second-order valence-electron chi connectivity index (χ2n) is 14.6. The van der Waals surface area contributed by atoms with Crippen molar-refractivity contribution in [3.05, 3.63) is 83.7 Å². The molecule has 12 nitrogen and oxygen atoms in total. The highest BCUT2D eigenvalue weighted by atomic mass is 16.5. The molecule has 53 heavy (non-hydrogen) atoms. The van der Waals surface area contributed by atoms with Crippen LogP contribution in [0.4, 0.5) is 0 Å². The third-order valence-electron chi connectivity index (χ3n) is 11.5. The van der Waals surface area contributed by atoms with E-state index in [0.29, 0.717) is 50.0 Å². The summed E-state index contributed by atoms with van der Waals surface area (Å²) >= 11 is 0. The van der Waals surface area contributed by atoms with Gasteiger partial charge in [0.05, 0.1) is 39.9 Å². The van der Waals surface area contributed by atoms with Crippen molar-refractivity contribution in [1.82, 2.24) is 30.1 Å². The van der Waals surface area contributed by atoms with Crippen molar-refractivity contribution in [2.45, 2.75) is 50.0 Å². The fourth-order valence-electron chi connectivity index (χ4n) is 8.46. The van der Waals surface area contributed by atoms with Crippen LogP contribution in [-0.2, 0) is 31.7 Å². The molecule has 3 fully saturated rings. The Balaban J connectivity index is 1.10. The van der Waals surface area contributed by atoms with Crippen molar-refractivity contribution in [2.75, 3.05) is 93.4 Å². The maximum absolute atomic E-state index is 14.2. The van der Waals surface area contributed by atoms with Gasteiger partial charge in [0.1, 0.15) is 0 Å². The van der Waals surface area contributed by atoms with Gasteiger partial charge in [-0.25, -0.2) is 5.01 Å². The van der Waals surface area contributed by atoms with Gasteiger partial charge in [0.15, 0.2) is 11.5 Å². The predicted molar refractivity (Wildman–Crippen MR) is 203 cm³/mol. The van der Waals surface area contributed by atoms with E-state index in [4.69, 9.17) is 18.9 Å². The summed E-state index contributed by atoms with van der Waals surface area (Å²) in [7, 11) is 4.94. The second-order valence-corrected chi connectivity index (χ2v) is 14.6. The molecule has 3 saturated heterocycles. The molecule has 1 amide bonds. The van der Waals surface area contributed by atoms with Gasteiger partial charge in [-0.05, 0) is 99.7 Å². The maximum atomic E-state index is 14.2. The summed E-state index contributed by atoms with van der Waals surface area (Å²) in [5.41, 5.74) is 6.20. The quantitative estimate of drug-likeness (QED) is 0.231. The van der Waals surface area contributed by atoms with Crippen molar-refractivity contribution in [3.8, 4) is 17.2 Å². The largest absolute Gasteiger partial charge is 0.493 e. The molecule has 0 aliphatic carbocycles. The number of rotatable bonds is 15. The van der Waals surface area contributed by atoms with Gasteiger partial charge in [-0.3, -0.25) is 29.8 Å². The summed E-state index contributed by atoms with van der Waals surface area (Å²) < 4.78 is 22.0. The molecule has 0 radical (unpaired) electrons. The monoisotopic (exact) mass is 728 g/mol. The molecule has 3 aromatic rings. The molecule has 6 rings (SSSR count). The number of carbonyl (C=O) groups excluding carboxylic acids is 2. The van der Waals surface area contributed by atoms with Gasteiger partial charge in [0, 0.05) is 57.1 Å². The number of likely N-dealkylation sites (tertiary alicyclic amines) is 2. The Kier molecular flexibility index (Phi) is 12.9. The Morgan fingerprint density at radius 3 is 2.06 bits per heavy atom. The first kappa shape index (κ1) is 38.5. The molecule has 2 aromatic carbocycles. The number of benzene rings is 2. The molecule has 0 spiro atoms. The molecule has 1 aromatic heterocycles. The van der Waals surface area contributed by atoms with E-state index >= 15 is 0 Å². The minimum Gasteiger partial charge on any atom is -0.493 e. The highest BCUT2D eigenvalue weighted by Crippen LogP contribution is 2.42. The van der Waals surface area contributed by atoms with E-state index in [1.807, 2.05) is 24.1 Å². The van der Waals surface area contributed by atoms with Crippen molar-refractivity contribution in [1.29, 1.82) is 0 Å². The Labute approximate surface area is 314 Å². The standard InChI is InChI=1S/C41H56N6O6/c1-5-53-37(48)30-45-23-25-47(26-24-45)43-39(49)41(34-11-17-42-18-12-34)15-21-44(22-16-41)19-13-40(33-9-7-6-8-10-33)14-20-46(31-40)29-32-27-35(50-2)38(52-4)36(28-32)51-3/h6-12,17-18,27-28H,5,13-16,19-26,29-31H2,1-4H3,(H,43,49). The number of pyridine rings is 1. The van der Waals surface area contributed by atoms with Crippen LogP contribution < -0.4 is 19.6 Å². The zero-order valence-electron chi connectivity index (χ0n) is 31.9. The first-order valence-electron chi connectivity index (χ1n) is 18.9. The molecule has 1 atom stereocenters. The van der Waals surface area contributed by atoms with Crippen LogP contribution in [0, 0.1) is 0 Å². The molecule has 1 unspecified atom stereocenters. The Bertz CT molecular complexity index is 1620. The van der Waals surface area contributed by atoms with E-state index in [1.54, 1.807) is 33.7 Å². The summed E-state index contributed by atoms with van der Waals surface area (Å²) in [6.45, 7) is 10.6. The summed E-state index contributed by atoms with van der Waals surface area (Å²) in [6, 6.07) is 19.1. The van der Waals surface area contributed by atoms with Gasteiger partial charge in [0.2, 0.25) is 11.7 Å². The fraction of sp³-hybridized carbons (Fsp3) is 0.537. The molecule has 3 aliphatic rings. The van der Waals surface area contributed by atoms with Crippen molar-refractivity contribution in [3.63, 3.8) is 0 Å². The number of aromatic nitrogens is 1. The van der Waals surface area contributed by atoms with Crippen LogP contribution in [0.25, 0.3) is 0 Å². The zero-order chi connectivity index (χ0) is 37.3. The number of hydrogen-bond acceptors (Lipinski definition) is 11. The first-order chi connectivity index (χ1) is 25.8. The maximum Gasteiger partial charge on any atom is 0.320 e. The van der Waals surface area contributed by atoms with Gasteiger partial charge in [-0.2, -0.15) is 0 Å². The number of piperazine rings is 1. The van der Waals surface area contributed by atoms with Gasteiger partial charge >= 0.3 is 5.97 Å². The second kappa shape index (κ2) is 17.7. The van der Waals surface area contributed by atoms with Crippen LogP contribution in [0.3, 0.4) is 0 Å². The fourth-order valence-corrected chi connectivity index (χ4v) is 8.46. The summed E-state index contributed by atoms with van der Waals surface area (Å²) in [5, 5.41) is 2.01. The van der Waals surface area contributed by atoms with Gasteiger partial charge in [-0.15, -0.1) is 0 Å². The minimum absolute atomic E-state index is 0.0222. The van der Waals surface area contributed by atoms with E-state index in [-0.39, 0.29) is 23.8 Å². The molecule has 3 aliphatic heterocycles. The third kappa shape index (κ3) is 8.95. The summed E-state index contributed by atoms with van der Waals surface area (Å²) in [4.78, 5) is 37.6. The lowest BCUT2D eigenvalue weighted by Gasteiger charge is -2.43. The number of carbonyl (C=O) groups is 2. The normalized spacial score (nSPS) is 21.2. The molecule has 12 heteroatoms. The number of methoxy groups -OCH3 is 3. The molecule has 0 bridgehead atoms. The van der Waals surface area contributed by atoms with Crippen LogP contribution in [-0.4, -0.2) is 130 Å². The van der Waals surface area contributed by atoms with E-state index < -0.39 is 5.41 Å². The van der Waals surface area contributed by atoms with Crippen LogP contribution >= 0.6 is 0 Å². The number of nitrogens with zero attached hydrogens (tertiary/aromatic N) is 5. The molecular formula is C41H56N6O6.